The van der Waals surface area contributed by atoms with Crippen LogP contribution in [0, 0.1) is 0 Å². The Bertz CT molecular complexity index is 530. The second-order valence-corrected chi connectivity index (χ2v) is 4.66. The van der Waals surface area contributed by atoms with Gasteiger partial charge in [0.15, 0.2) is 5.78 Å². The Balaban J connectivity index is 2.43. The maximum Gasteiger partial charge on any atom is 0.345 e. The summed E-state index contributed by atoms with van der Waals surface area (Å²) in [5.41, 5.74) is 1.05. The van der Waals surface area contributed by atoms with E-state index in [0.717, 1.165) is 5.69 Å². The number of benzene rings is 1. The van der Waals surface area contributed by atoms with Gasteiger partial charge in [0.2, 0.25) is 0 Å². The molecule has 1 aromatic rings. The van der Waals surface area contributed by atoms with E-state index in [-0.39, 0.29) is 18.0 Å². The molecule has 0 spiro atoms. The summed E-state index contributed by atoms with van der Waals surface area (Å²) in [4.78, 5) is 25.4. The summed E-state index contributed by atoms with van der Waals surface area (Å²) < 4.78 is 15.6. The van der Waals surface area contributed by atoms with Gasteiger partial charge in [-0.25, -0.2) is 4.79 Å². The highest BCUT2D eigenvalue weighted by Gasteiger charge is 2.25. The number of hydrogen-bond acceptors (Lipinski definition) is 6. The van der Waals surface area contributed by atoms with Gasteiger partial charge >= 0.3 is 5.97 Å². The fraction of sp³-hybridized carbons (Fsp3) is 0.467. The van der Waals surface area contributed by atoms with Gasteiger partial charge in [-0.1, -0.05) is 0 Å². The number of methoxy groups -OCH3 is 2. The SMILES string of the molecule is CCOC(=O)c1c(OC)cc(N2CCC(=O)C2)cc1OC. The van der Waals surface area contributed by atoms with Crippen LogP contribution in [0.4, 0.5) is 5.69 Å². The van der Waals surface area contributed by atoms with E-state index < -0.39 is 5.97 Å². The minimum Gasteiger partial charge on any atom is -0.496 e. The number of nitrogens with zero attached hydrogens (tertiary/aromatic N) is 1. The lowest BCUT2D eigenvalue weighted by atomic mass is 10.1. The molecular weight excluding hydrogens is 274 g/mol. The first-order valence-corrected chi connectivity index (χ1v) is 6.80. The first-order chi connectivity index (χ1) is 10.1. The predicted octanol–water partition coefficient (Wildman–Crippen LogP) is 1.66. The summed E-state index contributed by atoms with van der Waals surface area (Å²) in [6.45, 7) is 3.03. The normalized spacial score (nSPS) is 14.2. The lowest BCUT2D eigenvalue weighted by molar-refractivity contribution is -0.116. The van der Waals surface area contributed by atoms with Gasteiger partial charge in [-0.3, -0.25) is 4.79 Å². The third-order valence-electron chi connectivity index (χ3n) is 3.36. The molecule has 0 atom stereocenters. The molecule has 0 amide bonds. The van der Waals surface area contributed by atoms with Crippen LogP contribution in [0.1, 0.15) is 23.7 Å². The molecule has 6 heteroatoms. The number of rotatable bonds is 5. The number of ketones is 1. The fourth-order valence-electron chi connectivity index (χ4n) is 2.34. The number of carbonyl (C=O) groups excluding carboxylic acids is 2. The number of anilines is 1. The first kappa shape index (κ1) is 15.2. The van der Waals surface area contributed by atoms with Gasteiger partial charge in [0, 0.05) is 30.8 Å². The van der Waals surface area contributed by atoms with Crippen molar-refractivity contribution in [2.45, 2.75) is 13.3 Å². The molecule has 2 rings (SSSR count). The summed E-state index contributed by atoms with van der Waals surface area (Å²) in [6.07, 6.45) is 0.532. The second kappa shape index (κ2) is 6.47. The van der Waals surface area contributed by atoms with E-state index in [2.05, 4.69) is 0 Å². The summed E-state index contributed by atoms with van der Waals surface area (Å²) in [6, 6.07) is 3.46. The maximum atomic E-state index is 12.0. The van der Waals surface area contributed by atoms with Crippen molar-refractivity contribution in [3.05, 3.63) is 17.7 Å². The number of esters is 1. The Morgan fingerprint density at radius 3 is 2.29 bits per heavy atom. The molecule has 1 aliphatic rings. The van der Waals surface area contributed by atoms with Crippen LogP contribution in [0.5, 0.6) is 11.5 Å². The lowest BCUT2D eigenvalue weighted by Gasteiger charge is -2.20. The minimum atomic E-state index is -0.491. The van der Waals surface area contributed by atoms with Crippen molar-refractivity contribution in [3.8, 4) is 11.5 Å². The van der Waals surface area contributed by atoms with Crippen LogP contribution in [0.25, 0.3) is 0 Å². The largest absolute Gasteiger partial charge is 0.496 e. The van der Waals surface area contributed by atoms with Crippen LogP contribution >= 0.6 is 0 Å². The van der Waals surface area contributed by atoms with E-state index in [9.17, 15) is 9.59 Å². The lowest BCUT2D eigenvalue weighted by Crippen LogP contribution is -2.20. The van der Waals surface area contributed by atoms with Gasteiger partial charge in [0.05, 0.1) is 27.4 Å². The molecule has 114 valence electrons. The van der Waals surface area contributed by atoms with Crippen molar-refractivity contribution >= 4 is 17.4 Å². The van der Waals surface area contributed by atoms with Crippen LogP contribution < -0.4 is 14.4 Å². The monoisotopic (exact) mass is 293 g/mol. The van der Waals surface area contributed by atoms with Crippen LogP contribution in [0.2, 0.25) is 0 Å². The third-order valence-corrected chi connectivity index (χ3v) is 3.36. The van der Waals surface area contributed by atoms with Crippen molar-refractivity contribution < 1.29 is 23.8 Å². The van der Waals surface area contributed by atoms with E-state index in [1.54, 1.807) is 19.1 Å². The first-order valence-electron chi connectivity index (χ1n) is 6.80. The van der Waals surface area contributed by atoms with Crippen LogP contribution in [-0.2, 0) is 9.53 Å². The zero-order valence-corrected chi connectivity index (χ0v) is 12.5. The number of carbonyl (C=O) groups is 2. The Labute approximate surface area is 123 Å². The van der Waals surface area contributed by atoms with Gasteiger partial charge in [0.1, 0.15) is 17.1 Å². The molecule has 0 saturated carbocycles. The number of Topliss-reactive ketones (excluding diaryl/α,β-unsaturated/α-hetero) is 1. The molecular formula is C15H19NO5. The quantitative estimate of drug-likeness (QED) is 0.769. The predicted molar refractivity (Wildman–Crippen MR) is 77.3 cm³/mol. The fourth-order valence-corrected chi connectivity index (χ4v) is 2.34. The molecule has 6 nitrogen and oxygen atoms in total. The summed E-state index contributed by atoms with van der Waals surface area (Å²) in [7, 11) is 2.97. The highest BCUT2D eigenvalue weighted by molar-refractivity contribution is 5.97. The van der Waals surface area contributed by atoms with Gasteiger partial charge < -0.3 is 19.1 Å². The topological polar surface area (TPSA) is 65.1 Å². The Hall–Kier alpha value is -2.24. The van der Waals surface area contributed by atoms with Crippen LogP contribution in [0.3, 0.4) is 0 Å². The Morgan fingerprint density at radius 1 is 1.24 bits per heavy atom. The second-order valence-electron chi connectivity index (χ2n) is 4.66. The van der Waals surface area contributed by atoms with Crippen molar-refractivity contribution in [1.29, 1.82) is 0 Å². The molecule has 1 aliphatic heterocycles. The summed E-state index contributed by atoms with van der Waals surface area (Å²) >= 11 is 0. The molecule has 0 aromatic heterocycles. The van der Waals surface area contributed by atoms with E-state index >= 15 is 0 Å². The average molecular weight is 293 g/mol. The van der Waals surface area contributed by atoms with Crippen LogP contribution in [0.15, 0.2) is 12.1 Å². The highest BCUT2D eigenvalue weighted by atomic mass is 16.5. The zero-order valence-electron chi connectivity index (χ0n) is 12.5. The molecule has 0 bridgehead atoms. The van der Waals surface area contributed by atoms with Gasteiger partial charge in [0.25, 0.3) is 0 Å². The van der Waals surface area contributed by atoms with Crippen molar-refractivity contribution in [3.63, 3.8) is 0 Å². The highest BCUT2D eigenvalue weighted by Crippen LogP contribution is 2.35. The maximum absolute atomic E-state index is 12.0. The smallest absolute Gasteiger partial charge is 0.345 e. The van der Waals surface area contributed by atoms with E-state index in [1.807, 2.05) is 4.90 Å². The average Bonchev–Trinajstić information content (AvgIpc) is 2.92. The molecule has 0 unspecified atom stereocenters. The van der Waals surface area contributed by atoms with E-state index in [0.29, 0.717) is 31.0 Å². The standard InChI is InChI=1S/C15H19NO5/c1-4-21-15(18)14-12(19-2)7-10(8-13(14)20-3)16-6-5-11(17)9-16/h7-8H,4-6,9H2,1-3H3. The van der Waals surface area contributed by atoms with E-state index in [1.165, 1.54) is 14.2 Å². The molecule has 1 saturated heterocycles. The van der Waals surface area contributed by atoms with Gasteiger partial charge in [-0.2, -0.15) is 0 Å². The van der Waals surface area contributed by atoms with E-state index in [4.69, 9.17) is 14.2 Å². The van der Waals surface area contributed by atoms with Gasteiger partial charge in [-0.15, -0.1) is 0 Å². The molecule has 0 radical (unpaired) electrons. The Kier molecular flexibility index (Phi) is 4.67. The van der Waals surface area contributed by atoms with Crippen molar-refractivity contribution in [1.82, 2.24) is 0 Å². The molecule has 1 heterocycles. The Morgan fingerprint density at radius 2 is 1.86 bits per heavy atom. The zero-order chi connectivity index (χ0) is 15.4. The molecule has 1 aromatic carbocycles. The minimum absolute atomic E-state index is 0.197. The molecule has 1 fully saturated rings. The van der Waals surface area contributed by atoms with Crippen molar-refractivity contribution in [2.75, 3.05) is 38.8 Å². The molecule has 0 aliphatic carbocycles. The van der Waals surface area contributed by atoms with Crippen LogP contribution in [-0.4, -0.2) is 45.7 Å². The van der Waals surface area contributed by atoms with Crippen molar-refractivity contribution in [2.24, 2.45) is 0 Å². The molecule has 0 N–H and O–H groups in total. The van der Waals surface area contributed by atoms with Gasteiger partial charge in [-0.05, 0) is 6.92 Å². The summed E-state index contributed by atoms with van der Waals surface area (Å²) in [5.74, 6) is 0.460. The third kappa shape index (κ3) is 3.09. The summed E-state index contributed by atoms with van der Waals surface area (Å²) in [5, 5.41) is 0. The number of ether oxygens (including phenoxy) is 3. The molecule has 21 heavy (non-hydrogen) atoms. The number of hydrogen-bond donors (Lipinski definition) is 0.